The number of carbonyl (C=O) groups excluding carboxylic acids is 1. The van der Waals surface area contributed by atoms with Crippen molar-refractivity contribution in [3.8, 4) is 6.07 Å². The van der Waals surface area contributed by atoms with Crippen molar-refractivity contribution < 1.29 is 13.2 Å². The average molecular weight is 306 g/mol. The Morgan fingerprint density at radius 3 is 2.81 bits per heavy atom. The number of nitrogens with zero attached hydrogens (tertiary/aromatic N) is 3. The number of nitriles is 1. The number of imidazole rings is 1. The second kappa shape index (κ2) is 5.54. The Morgan fingerprint density at radius 2 is 2.24 bits per heavy atom. The van der Waals surface area contributed by atoms with E-state index in [0.717, 1.165) is 6.26 Å². The van der Waals surface area contributed by atoms with Crippen molar-refractivity contribution in [3.63, 3.8) is 0 Å². The van der Waals surface area contributed by atoms with Crippen LogP contribution in [0.4, 0.5) is 0 Å². The first-order chi connectivity index (χ1) is 9.88. The Balaban J connectivity index is 2.56. The van der Waals surface area contributed by atoms with Gasteiger partial charge in [-0.05, 0) is 18.6 Å². The standard InChI is InChI=1S/C13H14N4O3S/c1-3-9(8-14)15-12(18)11-10-6-4-5-7-17(10)13(16-11)21(2,19)20/h4-7,9H,3H2,1-2H3,(H,15,18)/t9-/m1/s1. The molecular weight excluding hydrogens is 292 g/mol. The van der Waals surface area contributed by atoms with Crippen LogP contribution in [0.15, 0.2) is 29.6 Å². The molecule has 2 rings (SSSR count). The zero-order chi connectivity index (χ0) is 15.6. The summed E-state index contributed by atoms with van der Waals surface area (Å²) < 4.78 is 24.8. The molecule has 0 aliphatic heterocycles. The van der Waals surface area contributed by atoms with E-state index in [0.29, 0.717) is 11.9 Å². The van der Waals surface area contributed by atoms with Gasteiger partial charge in [0, 0.05) is 12.5 Å². The highest BCUT2D eigenvalue weighted by molar-refractivity contribution is 7.90. The van der Waals surface area contributed by atoms with Crippen LogP contribution in [0.1, 0.15) is 23.8 Å². The molecule has 21 heavy (non-hydrogen) atoms. The monoisotopic (exact) mass is 306 g/mol. The van der Waals surface area contributed by atoms with Crippen LogP contribution in [0.5, 0.6) is 0 Å². The van der Waals surface area contributed by atoms with Gasteiger partial charge in [0.15, 0.2) is 5.69 Å². The fraction of sp³-hybridized carbons (Fsp3) is 0.308. The molecule has 0 saturated carbocycles. The van der Waals surface area contributed by atoms with Crippen LogP contribution in [0.2, 0.25) is 0 Å². The molecule has 1 amide bonds. The van der Waals surface area contributed by atoms with E-state index in [9.17, 15) is 13.2 Å². The first-order valence-electron chi connectivity index (χ1n) is 6.26. The zero-order valence-corrected chi connectivity index (χ0v) is 12.4. The lowest BCUT2D eigenvalue weighted by molar-refractivity contribution is 0.0941. The minimum atomic E-state index is -3.57. The third-order valence-electron chi connectivity index (χ3n) is 2.93. The number of sulfone groups is 1. The quantitative estimate of drug-likeness (QED) is 0.898. The topological polar surface area (TPSA) is 104 Å². The fourth-order valence-corrected chi connectivity index (χ4v) is 2.66. The zero-order valence-electron chi connectivity index (χ0n) is 11.6. The van der Waals surface area contributed by atoms with E-state index in [1.165, 1.54) is 10.6 Å². The number of fused-ring (bicyclic) bond motifs is 1. The molecule has 2 aromatic heterocycles. The van der Waals surface area contributed by atoms with Crippen LogP contribution in [-0.4, -0.2) is 36.0 Å². The van der Waals surface area contributed by atoms with Gasteiger partial charge in [0.25, 0.3) is 5.91 Å². The van der Waals surface area contributed by atoms with Crippen molar-refractivity contribution >= 4 is 21.3 Å². The minimum Gasteiger partial charge on any atom is -0.335 e. The maximum atomic E-state index is 12.2. The molecule has 0 bridgehead atoms. The van der Waals surface area contributed by atoms with Crippen LogP contribution >= 0.6 is 0 Å². The third kappa shape index (κ3) is 2.87. The predicted molar refractivity (Wildman–Crippen MR) is 75.5 cm³/mol. The number of pyridine rings is 1. The molecule has 1 N–H and O–H groups in total. The molecule has 0 aliphatic carbocycles. The Bertz CT molecular complexity index is 833. The van der Waals surface area contributed by atoms with Gasteiger partial charge in [-0.2, -0.15) is 5.26 Å². The van der Waals surface area contributed by atoms with Gasteiger partial charge in [0.2, 0.25) is 15.0 Å². The van der Waals surface area contributed by atoms with E-state index in [2.05, 4.69) is 10.3 Å². The minimum absolute atomic E-state index is 0.00951. The second-order valence-electron chi connectivity index (χ2n) is 4.53. The van der Waals surface area contributed by atoms with Crippen molar-refractivity contribution in [2.24, 2.45) is 0 Å². The Morgan fingerprint density at radius 1 is 1.52 bits per heavy atom. The summed E-state index contributed by atoms with van der Waals surface area (Å²) in [6.45, 7) is 1.77. The van der Waals surface area contributed by atoms with Gasteiger partial charge in [-0.15, -0.1) is 0 Å². The smallest absolute Gasteiger partial charge is 0.273 e. The maximum Gasteiger partial charge on any atom is 0.273 e. The van der Waals surface area contributed by atoms with Crippen LogP contribution < -0.4 is 5.32 Å². The van der Waals surface area contributed by atoms with Crippen LogP contribution in [0.25, 0.3) is 5.52 Å². The van der Waals surface area contributed by atoms with Gasteiger partial charge in [0.05, 0.1) is 11.6 Å². The number of amides is 1. The van der Waals surface area contributed by atoms with E-state index >= 15 is 0 Å². The highest BCUT2D eigenvalue weighted by atomic mass is 32.2. The van der Waals surface area contributed by atoms with E-state index < -0.39 is 21.8 Å². The molecule has 0 unspecified atom stereocenters. The summed E-state index contributed by atoms with van der Waals surface area (Å²) in [5, 5.41) is 11.2. The van der Waals surface area contributed by atoms with Gasteiger partial charge in [-0.1, -0.05) is 13.0 Å². The SMILES string of the molecule is CC[C@H](C#N)NC(=O)c1nc(S(C)(=O)=O)n2ccccc12. The number of hydrogen-bond donors (Lipinski definition) is 1. The van der Waals surface area contributed by atoms with Crippen molar-refractivity contribution in [2.45, 2.75) is 24.5 Å². The molecule has 0 fully saturated rings. The number of nitrogens with one attached hydrogen (secondary N) is 1. The normalized spacial score (nSPS) is 12.8. The molecule has 0 spiro atoms. The summed E-state index contributed by atoms with van der Waals surface area (Å²) in [5.74, 6) is -0.568. The molecule has 2 heterocycles. The molecular formula is C13H14N4O3S. The van der Waals surface area contributed by atoms with Crippen molar-refractivity contribution in [2.75, 3.05) is 6.26 Å². The lowest BCUT2D eigenvalue weighted by Gasteiger charge is -2.07. The first-order valence-corrected chi connectivity index (χ1v) is 8.15. The van der Waals surface area contributed by atoms with E-state index in [1.807, 2.05) is 6.07 Å². The molecule has 1 atom stereocenters. The number of rotatable bonds is 4. The lowest BCUT2D eigenvalue weighted by Crippen LogP contribution is -2.33. The van der Waals surface area contributed by atoms with Crippen LogP contribution in [0, 0.1) is 11.3 Å². The highest BCUT2D eigenvalue weighted by Crippen LogP contribution is 2.17. The summed E-state index contributed by atoms with van der Waals surface area (Å²) >= 11 is 0. The summed E-state index contributed by atoms with van der Waals surface area (Å²) in [6, 6.07) is 6.24. The fourth-order valence-electron chi connectivity index (χ4n) is 1.89. The highest BCUT2D eigenvalue weighted by Gasteiger charge is 2.23. The van der Waals surface area contributed by atoms with E-state index in [4.69, 9.17) is 5.26 Å². The Kier molecular flexibility index (Phi) is 3.95. The summed E-state index contributed by atoms with van der Waals surface area (Å²) in [6.07, 6.45) is 3.00. The average Bonchev–Trinajstić information content (AvgIpc) is 2.84. The number of carbonyl (C=O) groups is 1. The third-order valence-corrected chi connectivity index (χ3v) is 3.88. The molecule has 8 heteroatoms. The maximum absolute atomic E-state index is 12.2. The Labute approximate surface area is 122 Å². The van der Waals surface area contributed by atoms with Crippen molar-refractivity contribution in [3.05, 3.63) is 30.1 Å². The largest absolute Gasteiger partial charge is 0.335 e. The summed E-state index contributed by atoms with van der Waals surface area (Å²) in [7, 11) is -3.57. The molecule has 0 aliphatic rings. The summed E-state index contributed by atoms with van der Waals surface area (Å²) in [5.41, 5.74) is 0.368. The lowest BCUT2D eigenvalue weighted by atomic mass is 10.2. The molecule has 0 radical (unpaired) electrons. The Hall–Kier alpha value is -2.40. The van der Waals surface area contributed by atoms with Gasteiger partial charge in [-0.3, -0.25) is 9.20 Å². The summed E-state index contributed by atoms with van der Waals surface area (Å²) in [4.78, 5) is 16.1. The van der Waals surface area contributed by atoms with Gasteiger partial charge in [-0.25, -0.2) is 13.4 Å². The van der Waals surface area contributed by atoms with Crippen molar-refractivity contribution in [1.29, 1.82) is 5.26 Å². The molecule has 7 nitrogen and oxygen atoms in total. The van der Waals surface area contributed by atoms with Crippen LogP contribution in [-0.2, 0) is 9.84 Å². The van der Waals surface area contributed by atoms with Crippen LogP contribution in [0.3, 0.4) is 0 Å². The second-order valence-corrected chi connectivity index (χ2v) is 6.44. The van der Waals surface area contributed by atoms with Gasteiger partial charge < -0.3 is 5.32 Å². The number of aromatic nitrogens is 2. The molecule has 110 valence electrons. The predicted octanol–water partition coefficient (Wildman–Crippen LogP) is 0.770. The van der Waals surface area contributed by atoms with E-state index in [1.54, 1.807) is 25.1 Å². The first kappa shape index (κ1) is 15.0. The molecule has 0 saturated heterocycles. The molecule has 0 aromatic carbocycles. The number of hydrogen-bond acceptors (Lipinski definition) is 5. The van der Waals surface area contributed by atoms with Gasteiger partial charge in [0.1, 0.15) is 6.04 Å². The molecule has 2 aromatic rings. The van der Waals surface area contributed by atoms with E-state index in [-0.39, 0.29) is 10.9 Å². The van der Waals surface area contributed by atoms with Crippen molar-refractivity contribution in [1.82, 2.24) is 14.7 Å². The van der Waals surface area contributed by atoms with Gasteiger partial charge >= 0.3 is 0 Å².